The highest BCUT2D eigenvalue weighted by atomic mass is 32.2. The molecule has 1 aromatic carbocycles. The minimum absolute atomic E-state index is 0.256. The zero-order valence-electron chi connectivity index (χ0n) is 12.0. The van der Waals surface area contributed by atoms with Crippen LogP contribution < -0.4 is 0 Å². The SMILES string of the molecule is CCCCC(C)n1c(=S)[nH]c2c(S(C)(=O)=O)cccc21. The number of sulfone groups is 1. The molecule has 0 fully saturated rings. The third-order valence-electron chi connectivity index (χ3n) is 3.53. The number of imidazole rings is 1. The summed E-state index contributed by atoms with van der Waals surface area (Å²) < 4.78 is 26.3. The molecule has 2 aromatic rings. The van der Waals surface area contributed by atoms with Crippen molar-refractivity contribution in [2.24, 2.45) is 0 Å². The fourth-order valence-corrected chi connectivity index (χ4v) is 3.73. The second-order valence-electron chi connectivity index (χ2n) is 5.21. The Hall–Kier alpha value is -1.14. The van der Waals surface area contributed by atoms with E-state index in [2.05, 4.69) is 18.8 Å². The number of fused-ring (bicyclic) bond motifs is 1. The fraction of sp³-hybridized carbons (Fsp3) is 0.500. The van der Waals surface area contributed by atoms with E-state index in [0.717, 1.165) is 24.8 Å². The van der Waals surface area contributed by atoms with Crippen molar-refractivity contribution in [3.63, 3.8) is 0 Å². The lowest BCUT2D eigenvalue weighted by Gasteiger charge is -2.14. The van der Waals surface area contributed by atoms with Gasteiger partial charge in [0.15, 0.2) is 14.6 Å². The molecule has 0 bridgehead atoms. The topological polar surface area (TPSA) is 54.9 Å². The molecule has 1 N–H and O–H groups in total. The maximum atomic E-state index is 11.8. The van der Waals surface area contributed by atoms with Crippen LogP contribution in [0.4, 0.5) is 0 Å². The van der Waals surface area contributed by atoms with E-state index in [-0.39, 0.29) is 6.04 Å². The van der Waals surface area contributed by atoms with E-state index in [1.807, 2.05) is 10.6 Å². The number of hydrogen-bond donors (Lipinski definition) is 1. The van der Waals surface area contributed by atoms with Crippen molar-refractivity contribution in [2.45, 2.75) is 44.0 Å². The van der Waals surface area contributed by atoms with E-state index in [0.29, 0.717) is 15.2 Å². The molecular formula is C14H20N2O2S2. The lowest BCUT2D eigenvalue weighted by atomic mass is 10.1. The molecule has 0 aliphatic carbocycles. The molecule has 110 valence electrons. The van der Waals surface area contributed by atoms with Crippen molar-refractivity contribution in [3.8, 4) is 0 Å². The smallest absolute Gasteiger partial charge is 0.178 e. The highest BCUT2D eigenvalue weighted by Gasteiger charge is 2.17. The number of rotatable bonds is 5. The summed E-state index contributed by atoms with van der Waals surface area (Å²) in [5.74, 6) is 0. The van der Waals surface area contributed by atoms with Crippen LogP contribution in [-0.2, 0) is 9.84 Å². The highest BCUT2D eigenvalue weighted by molar-refractivity contribution is 7.91. The highest BCUT2D eigenvalue weighted by Crippen LogP contribution is 2.26. The Bertz CT molecular complexity index is 772. The van der Waals surface area contributed by atoms with Crippen LogP contribution in [0.5, 0.6) is 0 Å². The molecule has 20 heavy (non-hydrogen) atoms. The van der Waals surface area contributed by atoms with Gasteiger partial charge < -0.3 is 9.55 Å². The van der Waals surface area contributed by atoms with E-state index in [9.17, 15) is 8.42 Å². The number of nitrogens with one attached hydrogen (secondary N) is 1. The van der Waals surface area contributed by atoms with Gasteiger partial charge in [-0.25, -0.2) is 8.42 Å². The van der Waals surface area contributed by atoms with Crippen LogP contribution in [0, 0.1) is 4.77 Å². The summed E-state index contributed by atoms with van der Waals surface area (Å²) in [6.07, 6.45) is 4.51. The van der Waals surface area contributed by atoms with Gasteiger partial charge in [0.05, 0.1) is 15.9 Å². The van der Waals surface area contributed by atoms with Crippen molar-refractivity contribution in [3.05, 3.63) is 23.0 Å². The molecule has 0 radical (unpaired) electrons. The molecule has 1 aromatic heterocycles. The fourth-order valence-electron chi connectivity index (χ4n) is 2.50. The molecule has 1 heterocycles. The van der Waals surface area contributed by atoms with E-state index < -0.39 is 9.84 Å². The van der Waals surface area contributed by atoms with Gasteiger partial charge in [-0.05, 0) is 37.7 Å². The van der Waals surface area contributed by atoms with Crippen LogP contribution in [0.3, 0.4) is 0 Å². The summed E-state index contributed by atoms with van der Waals surface area (Å²) in [6.45, 7) is 4.27. The Labute approximate surface area is 124 Å². The van der Waals surface area contributed by atoms with Crippen LogP contribution in [0.15, 0.2) is 23.1 Å². The van der Waals surface area contributed by atoms with Gasteiger partial charge in [-0.3, -0.25) is 0 Å². The molecule has 0 amide bonds. The predicted octanol–water partition coefficient (Wildman–Crippen LogP) is 3.85. The Morgan fingerprint density at radius 3 is 2.70 bits per heavy atom. The lowest BCUT2D eigenvalue weighted by Crippen LogP contribution is -2.05. The number of H-pyrrole nitrogens is 1. The monoisotopic (exact) mass is 312 g/mol. The third-order valence-corrected chi connectivity index (χ3v) is 4.97. The molecule has 0 aliphatic heterocycles. The largest absolute Gasteiger partial charge is 0.329 e. The van der Waals surface area contributed by atoms with Gasteiger partial charge in [0.2, 0.25) is 0 Å². The number of benzene rings is 1. The minimum atomic E-state index is -3.27. The summed E-state index contributed by atoms with van der Waals surface area (Å²) in [7, 11) is -3.27. The van der Waals surface area contributed by atoms with Crippen molar-refractivity contribution in [1.82, 2.24) is 9.55 Å². The zero-order valence-corrected chi connectivity index (χ0v) is 13.6. The molecule has 4 nitrogen and oxygen atoms in total. The number of hydrogen-bond acceptors (Lipinski definition) is 3. The number of aromatic nitrogens is 2. The Kier molecular flexibility index (Phi) is 4.34. The summed E-state index contributed by atoms with van der Waals surface area (Å²) >= 11 is 5.37. The maximum absolute atomic E-state index is 11.8. The second-order valence-corrected chi connectivity index (χ2v) is 7.58. The van der Waals surface area contributed by atoms with Crippen molar-refractivity contribution < 1.29 is 8.42 Å². The second kappa shape index (κ2) is 5.69. The molecule has 1 atom stereocenters. The number of para-hydroxylation sites is 1. The number of unbranched alkanes of at least 4 members (excludes halogenated alkanes) is 1. The van der Waals surface area contributed by atoms with Gasteiger partial charge in [-0.2, -0.15) is 0 Å². The standard InChI is InChI=1S/C14H20N2O2S2/c1-4-5-7-10(2)16-11-8-6-9-12(20(3,17)18)13(11)15-14(16)19/h6,8-10H,4-5,7H2,1-3H3,(H,15,19). The van der Waals surface area contributed by atoms with Crippen LogP contribution in [0.2, 0.25) is 0 Å². The van der Waals surface area contributed by atoms with E-state index >= 15 is 0 Å². The molecule has 2 rings (SSSR count). The Morgan fingerprint density at radius 1 is 1.40 bits per heavy atom. The Morgan fingerprint density at radius 2 is 2.10 bits per heavy atom. The van der Waals surface area contributed by atoms with Gasteiger partial charge in [0.25, 0.3) is 0 Å². The van der Waals surface area contributed by atoms with Crippen LogP contribution in [0.25, 0.3) is 11.0 Å². The van der Waals surface area contributed by atoms with E-state index in [1.165, 1.54) is 6.26 Å². The average Bonchev–Trinajstić information content (AvgIpc) is 2.70. The van der Waals surface area contributed by atoms with Crippen molar-refractivity contribution in [2.75, 3.05) is 6.26 Å². The average molecular weight is 312 g/mol. The molecule has 6 heteroatoms. The summed E-state index contributed by atoms with van der Waals surface area (Å²) in [5, 5.41) is 0. The molecule has 0 saturated carbocycles. The lowest BCUT2D eigenvalue weighted by molar-refractivity contribution is 0.491. The molecule has 0 aliphatic rings. The van der Waals surface area contributed by atoms with E-state index in [4.69, 9.17) is 12.2 Å². The molecule has 0 spiro atoms. The first kappa shape index (κ1) is 15.3. The van der Waals surface area contributed by atoms with Crippen LogP contribution in [-0.4, -0.2) is 24.2 Å². The van der Waals surface area contributed by atoms with Gasteiger partial charge >= 0.3 is 0 Å². The van der Waals surface area contributed by atoms with Gasteiger partial charge in [-0.15, -0.1) is 0 Å². The zero-order chi connectivity index (χ0) is 14.9. The van der Waals surface area contributed by atoms with Crippen molar-refractivity contribution >= 4 is 33.1 Å². The summed E-state index contributed by atoms with van der Waals surface area (Å²) in [4.78, 5) is 3.37. The molecule has 1 unspecified atom stereocenters. The molecular weight excluding hydrogens is 292 g/mol. The third kappa shape index (κ3) is 2.81. The van der Waals surface area contributed by atoms with Gasteiger partial charge in [0.1, 0.15) is 0 Å². The minimum Gasteiger partial charge on any atom is -0.329 e. The van der Waals surface area contributed by atoms with Crippen LogP contribution in [0.1, 0.15) is 39.2 Å². The van der Waals surface area contributed by atoms with E-state index in [1.54, 1.807) is 12.1 Å². The summed E-state index contributed by atoms with van der Waals surface area (Å²) in [6, 6.07) is 5.55. The number of nitrogens with zero attached hydrogens (tertiary/aromatic N) is 1. The van der Waals surface area contributed by atoms with Gasteiger partial charge in [-0.1, -0.05) is 25.8 Å². The van der Waals surface area contributed by atoms with Crippen molar-refractivity contribution in [1.29, 1.82) is 0 Å². The first-order valence-corrected chi connectivity index (χ1v) is 9.09. The first-order valence-electron chi connectivity index (χ1n) is 6.79. The van der Waals surface area contributed by atoms with Crippen LogP contribution >= 0.6 is 12.2 Å². The maximum Gasteiger partial charge on any atom is 0.178 e. The quantitative estimate of drug-likeness (QED) is 0.853. The summed E-state index contributed by atoms with van der Waals surface area (Å²) in [5.41, 5.74) is 1.48. The molecule has 0 saturated heterocycles. The number of aromatic amines is 1. The Balaban J connectivity index is 2.64. The van der Waals surface area contributed by atoms with Gasteiger partial charge in [0, 0.05) is 12.3 Å². The predicted molar refractivity (Wildman–Crippen MR) is 84.5 cm³/mol. The first-order chi connectivity index (χ1) is 9.36. The normalized spacial score (nSPS) is 13.8.